The zero-order valence-electron chi connectivity index (χ0n) is 11.0. The van der Waals surface area contributed by atoms with Crippen LogP contribution in [0.2, 0.25) is 0 Å². The maximum absolute atomic E-state index is 12.4. The summed E-state index contributed by atoms with van der Waals surface area (Å²) < 4.78 is 27.5. The molecule has 0 fully saturated rings. The van der Waals surface area contributed by atoms with E-state index >= 15 is 0 Å². The molecule has 108 valence electrons. The number of alkyl halides is 1. The topological polar surface area (TPSA) is 62.0 Å². The highest BCUT2D eigenvalue weighted by molar-refractivity contribution is 9.08. The molecule has 0 bridgehead atoms. The Morgan fingerprint density at radius 2 is 1.81 bits per heavy atom. The third-order valence-electron chi connectivity index (χ3n) is 3.22. The van der Waals surface area contributed by atoms with Crippen molar-refractivity contribution in [2.24, 2.45) is 0 Å². The van der Waals surface area contributed by atoms with Crippen molar-refractivity contribution in [3.8, 4) is 0 Å². The van der Waals surface area contributed by atoms with Crippen molar-refractivity contribution in [3.05, 3.63) is 60.3 Å². The van der Waals surface area contributed by atoms with Gasteiger partial charge in [-0.15, -0.1) is 0 Å². The van der Waals surface area contributed by atoms with E-state index in [4.69, 9.17) is 0 Å². The Hall–Kier alpha value is -1.79. The minimum Gasteiger partial charge on any atom is -0.359 e. The number of sulfonamides is 1. The van der Waals surface area contributed by atoms with E-state index in [1.165, 1.54) is 0 Å². The van der Waals surface area contributed by atoms with Crippen molar-refractivity contribution >= 4 is 42.5 Å². The highest BCUT2D eigenvalue weighted by atomic mass is 79.9. The van der Waals surface area contributed by atoms with E-state index < -0.39 is 10.0 Å². The van der Waals surface area contributed by atoms with Crippen molar-refractivity contribution in [1.29, 1.82) is 0 Å². The maximum atomic E-state index is 12.4. The number of hydrogen-bond donors (Lipinski definition) is 2. The molecular formula is C15H13BrN2O2S. The molecule has 0 unspecified atom stereocenters. The number of fused-ring (bicyclic) bond motifs is 1. The number of anilines is 1. The second-order valence-corrected chi connectivity index (χ2v) is 6.87. The van der Waals surface area contributed by atoms with Crippen molar-refractivity contribution in [3.63, 3.8) is 0 Å². The van der Waals surface area contributed by atoms with E-state index in [1.807, 2.05) is 18.2 Å². The van der Waals surface area contributed by atoms with Crippen LogP contribution in [0.5, 0.6) is 0 Å². The van der Waals surface area contributed by atoms with Gasteiger partial charge in [-0.2, -0.15) is 0 Å². The average Bonchev–Trinajstić information content (AvgIpc) is 2.97. The van der Waals surface area contributed by atoms with Crippen LogP contribution >= 0.6 is 15.9 Å². The van der Waals surface area contributed by atoms with Crippen LogP contribution in [-0.2, 0) is 15.4 Å². The van der Waals surface area contributed by atoms with Crippen LogP contribution in [0.15, 0.2) is 59.6 Å². The van der Waals surface area contributed by atoms with Crippen LogP contribution in [0.1, 0.15) is 5.56 Å². The fourth-order valence-electron chi connectivity index (χ4n) is 2.13. The summed E-state index contributed by atoms with van der Waals surface area (Å²) in [6.07, 6.45) is 1.78. The first-order chi connectivity index (χ1) is 10.1. The summed E-state index contributed by atoms with van der Waals surface area (Å²) in [6.45, 7) is 0. The van der Waals surface area contributed by atoms with Gasteiger partial charge in [-0.05, 0) is 29.8 Å². The van der Waals surface area contributed by atoms with Crippen LogP contribution in [0.3, 0.4) is 0 Å². The van der Waals surface area contributed by atoms with Crippen LogP contribution in [0, 0.1) is 0 Å². The molecule has 0 aliphatic carbocycles. The Morgan fingerprint density at radius 3 is 2.52 bits per heavy atom. The van der Waals surface area contributed by atoms with Crippen LogP contribution in [0.25, 0.3) is 10.9 Å². The Morgan fingerprint density at radius 1 is 1.05 bits per heavy atom. The number of H-pyrrole nitrogens is 1. The second kappa shape index (κ2) is 5.54. The predicted molar refractivity (Wildman–Crippen MR) is 88.2 cm³/mol. The molecule has 1 aromatic heterocycles. The van der Waals surface area contributed by atoms with Gasteiger partial charge in [0.1, 0.15) is 0 Å². The predicted octanol–water partition coefficient (Wildman–Crippen LogP) is 3.86. The third-order valence-corrected chi connectivity index (χ3v) is 5.25. The summed E-state index contributed by atoms with van der Waals surface area (Å²) in [5, 5.41) is 1.66. The summed E-state index contributed by atoms with van der Waals surface area (Å²) in [7, 11) is -3.59. The molecule has 3 aromatic rings. The Balaban J connectivity index is 1.97. The first kappa shape index (κ1) is 14.2. The SMILES string of the molecule is O=S(=O)(Nc1cccc2cc[nH]c12)c1ccc(CBr)cc1. The van der Waals surface area contributed by atoms with E-state index in [2.05, 4.69) is 25.6 Å². The van der Waals surface area contributed by atoms with Gasteiger partial charge >= 0.3 is 0 Å². The largest absolute Gasteiger partial charge is 0.359 e. The summed E-state index contributed by atoms with van der Waals surface area (Å²) in [6, 6.07) is 14.2. The summed E-state index contributed by atoms with van der Waals surface area (Å²) in [5.74, 6) is 0. The van der Waals surface area contributed by atoms with Gasteiger partial charge in [-0.1, -0.05) is 40.2 Å². The molecule has 1 heterocycles. The lowest BCUT2D eigenvalue weighted by Crippen LogP contribution is -2.13. The zero-order chi connectivity index (χ0) is 14.9. The summed E-state index contributed by atoms with van der Waals surface area (Å²) >= 11 is 3.34. The number of nitrogens with one attached hydrogen (secondary N) is 2. The van der Waals surface area contributed by atoms with Crippen molar-refractivity contribution in [1.82, 2.24) is 4.98 Å². The van der Waals surface area contributed by atoms with Gasteiger partial charge in [-0.3, -0.25) is 4.72 Å². The first-order valence-electron chi connectivity index (χ1n) is 6.34. The number of benzene rings is 2. The summed E-state index contributed by atoms with van der Waals surface area (Å²) in [4.78, 5) is 3.29. The van der Waals surface area contributed by atoms with Gasteiger partial charge in [-0.25, -0.2) is 8.42 Å². The quantitative estimate of drug-likeness (QED) is 0.690. The molecule has 0 saturated carbocycles. The normalized spacial score (nSPS) is 11.7. The molecular weight excluding hydrogens is 352 g/mol. The molecule has 2 aromatic carbocycles. The molecule has 0 radical (unpaired) electrons. The van der Waals surface area contributed by atoms with Gasteiger partial charge in [0.15, 0.2) is 0 Å². The Kier molecular flexibility index (Phi) is 3.73. The highest BCUT2D eigenvalue weighted by Gasteiger charge is 2.15. The van der Waals surface area contributed by atoms with Gasteiger partial charge in [0, 0.05) is 16.9 Å². The van der Waals surface area contributed by atoms with Crippen LogP contribution in [-0.4, -0.2) is 13.4 Å². The number of hydrogen-bond acceptors (Lipinski definition) is 2. The lowest BCUT2D eigenvalue weighted by Gasteiger charge is -2.09. The van der Waals surface area contributed by atoms with E-state index in [-0.39, 0.29) is 4.90 Å². The molecule has 2 N–H and O–H groups in total. The van der Waals surface area contributed by atoms with Gasteiger partial charge in [0.2, 0.25) is 0 Å². The molecule has 3 rings (SSSR count). The molecule has 0 spiro atoms. The second-order valence-electron chi connectivity index (χ2n) is 4.63. The molecule has 4 nitrogen and oxygen atoms in total. The monoisotopic (exact) mass is 364 g/mol. The van der Waals surface area contributed by atoms with E-state index in [0.29, 0.717) is 11.0 Å². The average molecular weight is 365 g/mol. The lowest BCUT2D eigenvalue weighted by atomic mass is 10.2. The lowest BCUT2D eigenvalue weighted by molar-refractivity contribution is 0.601. The van der Waals surface area contributed by atoms with E-state index in [0.717, 1.165) is 16.5 Å². The number of rotatable bonds is 4. The molecule has 0 amide bonds. The number of para-hydroxylation sites is 1. The number of aromatic nitrogens is 1. The van der Waals surface area contributed by atoms with Crippen molar-refractivity contribution in [2.75, 3.05) is 4.72 Å². The molecule has 6 heteroatoms. The summed E-state index contributed by atoms with van der Waals surface area (Å²) in [5.41, 5.74) is 2.35. The Labute approximate surface area is 131 Å². The third kappa shape index (κ3) is 2.82. The molecule has 0 aliphatic rings. The fraction of sp³-hybridized carbons (Fsp3) is 0.0667. The molecule has 0 saturated heterocycles. The number of halogens is 1. The molecule has 0 aliphatic heterocycles. The van der Waals surface area contributed by atoms with E-state index in [1.54, 1.807) is 36.5 Å². The van der Waals surface area contributed by atoms with Crippen molar-refractivity contribution < 1.29 is 8.42 Å². The van der Waals surface area contributed by atoms with Crippen LogP contribution < -0.4 is 4.72 Å². The van der Waals surface area contributed by atoms with Gasteiger partial charge < -0.3 is 4.98 Å². The highest BCUT2D eigenvalue weighted by Crippen LogP contribution is 2.24. The minimum absolute atomic E-state index is 0.246. The van der Waals surface area contributed by atoms with Gasteiger partial charge in [0.05, 0.1) is 16.1 Å². The van der Waals surface area contributed by atoms with Crippen molar-refractivity contribution in [2.45, 2.75) is 10.2 Å². The molecule has 0 atom stereocenters. The molecule has 21 heavy (non-hydrogen) atoms. The Bertz CT molecular complexity index is 870. The minimum atomic E-state index is -3.59. The zero-order valence-corrected chi connectivity index (χ0v) is 13.4. The van der Waals surface area contributed by atoms with E-state index in [9.17, 15) is 8.42 Å². The number of aromatic amines is 1. The standard InChI is InChI=1S/C15H13BrN2O2S/c16-10-11-4-6-13(7-5-11)21(19,20)18-14-3-1-2-12-8-9-17-15(12)14/h1-9,17-18H,10H2. The van der Waals surface area contributed by atoms with Crippen LogP contribution in [0.4, 0.5) is 5.69 Å². The fourth-order valence-corrected chi connectivity index (χ4v) is 3.58. The smallest absolute Gasteiger partial charge is 0.261 e. The first-order valence-corrected chi connectivity index (χ1v) is 8.94. The van der Waals surface area contributed by atoms with Gasteiger partial charge in [0.25, 0.3) is 10.0 Å². The maximum Gasteiger partial charge on any atom is 0.261 e.